The van der Waals surface area contributed by atoms with E-state index in [0.717, 1.165) is 51.4 Å². The van der Waals surface area contributed by atoms with E-state index in [-0.39, 0.29) is 12.5 Å². The van der Waals surface area contributed by atoms with Crippen LogP contribution in [0.4, 0.5) is 0 Å². The number of aliphatic hydroxyl groups is 8. The third-order valence-electron chi connectivity index (χ3n) is 19.6. The third kappa shape index (κ3) is 44.4. The molecule has 12 atom stereocenters. The summed E-state index contributed by atoms with van der Waals surface area (Å²) in [6.07, 6.45) is 57.1. The summed E-state index contributed by atoms with van der Waals surface area (Å²) in [7, 11) is 0. The first-order valence-corrected chi connectivity index (χ1v) is 38.8. The summed E-state index contributed by atoms with van der Waals surface area (Å²) >= 11 is 0. The van der Waals surface area contributed by atoms with Crippen molar-refractivity contribution >= 4 is 5.91 Å². The van der Waals surface area contributed by atoms with E-state index in [4.69, 9.17) is 18.9 Å². The van der Waals surface area contributed by atoms with E-state index in [9.17, 15) is 45.6 Å². The van der Waals surface area contributed by atoms with Crippen molar-refractivity contribution in [3.63, 3.8) is 0 Å². The largest absolute Gasteiger partial charge is 0.394 e. The summed E-state index contributed by atoms with van der Waals surface area (Å²) in [5, 5.41) is 87.8. The predicted molar refractivity (Wildman–Crippen MR) is 365 cm³/mol. The van der Waals surface area contributed by atoms with Crippen molar-refractivity contribution in [1.82, 2.24) is 5.32 Å². The van der Waals surface area contributed by atoms with E-state index >= 15 is 0 Å². The molecule has 14 heteroatoms. The Kier molecular flexibility index (Phi) is 57.3. The first-order chi connectivity index (χ1) is 43.6. The second-order valence-corrected chi connectivity index (χ2v) is 27.9. The van der Waals surface area contributed by atoms with Crippen molar-refractivity contribution in [3.8, 4) is 0 Å². The number of aliphatic hydroxyl groups excluding tert-OH is 8. The molecule has 0 aromatic carbocycles. The molecule has 0 aliphatic carbocycles. The average Bonchev–Trinajstić information content (AvgIpc) is 1.33. The van der Waals surface area contributed by atoms with Crippen LogP contribution in [0, 0.1) is 0 Å². The zero-order valence-corrected chi connectivity index (χ0v) is 58.0. The first kappa shape index (κ1) is 84.1. The number of rotatable bonds is 66. The summed E-state index contributed by atoms with van der Waals surface area (Å²) in [4.78, 5) is 13.4. The van der Waals surface area contributed by atoms with Gasteiger partial charge in [-0.1, -0.05) is 361 Å². The van der Waals surface area contributed by atoms with Gasteiger partial charge < -0.3 is 65.1 Å². The van der Waals surface area contributed by atoms with Gasteiger partial charge in [-0.05, 0) is 12.8 Å². The van der Waals surface area contributed by atoms with Crippen LogP contribution in [0.5, 0.6) is 0 Å². The van der Waals surface area contributed by atoms with Crippen LogP contribution >= 0.6 is 0 Å². The second-order valence-electron chi connectivity index (χ2n) is 27.9. The first-order valence-electron chi connectivity index (χ1n) is 38.8. The fourth-order valence-corrected chi connectivity index (χ4v) is 13.4. The maximum absolute atomic E-state index is 13.4. The molecule has 0 saturated carbocycles. The van der Waals surface area contributed by atoms with Crippen LogP contribution in [0.1, 0.15) is 380 Å². The van der Waals surface area contributed by atoms with Crippen LogP contribution in [-0.2, 0) is 23.7 Å². The predicted octanol–water partition coefficient (Wildman–Crippen LogP) is 16.7. The average molecular weight is 1270 g/mol. The Bertz CT molecular complexity index is 1500. The maximum atomic E-state index is 13.4. The van der Waals surface area contributed by atoms with Gasteiger partial charge in [-0.3, -0.25) is 4.79 Å². The SMILES string of the molecule is CCCCCCCCCCCCCCCCCCCCCCCCCCCCCCCC(O)C(COC1OC(CO)C(OC2OC(CO)C(O)C(O)C2O)C(O)C1O)NC(=O)CCCCCCCCCCCCCCCCCCCCCCCCCCCC. The molecule has 0 spiro atoms. The Hall–Kier alpha value is -1.01. The Balaban J connectivity index is 1.62. The highest BCUT2D eigenvalue weighted by atomic mass is 16.7. The van der Waals surface area contributed by atoms with Crippen molar-refractivity contribution in [3.05, 3.63) is 0 Å². The van der Waals surface area contributed by atoms with Gasteiger partial charge in [0, 0.05) is 6.42 Å². The highest BCUT2D eigenvalue weighted by Gasteiger charge is 2.51. The molecule has 89 heavy (non-hydrogen) atoms. The summed E-state index contributed by atoms with van der Waals surface area (Å²) in [5.41, 5.74) is 0. The van der Waals surface area contributed by atoms with Gasteiger partial charge in [-0.2, -0.15) is 0 Å². The Morgan fingerprint density at radius 3 is 0.955 bits per heavy atom. The van der Waals surface area contributed by atoms with Crippen molar-refractivity contribution in [2.24, 2.45) is 0 Å². The van der Waals surface area contributed by atoms with Gasteiger partial charge in [-0.25, -0.2) is 0 Å². The molecular weight excluding hydrogens is 1120 g/mol. The van der Waals surface area contributed by atoms with Crippen LogP contribution in [0.3, 0.4) is 0 Å². The Morgan fingerprint density at radius 2 is 0.640 bits per heavy atom. The van der Waals surface area contributed by atoms with Gasteiger partial charge in [-0.15, -0.1) is 0 Å². The fraction of sp³-hybridized carbons (Fsp3) is 0.987. The smallest absolute Gasteiger partial charge is 0.220 e. The van der Waals surface area contributed by atoms with E-state index in [0.29, 0.717) is 12.8 Å². The van der Waals surface area contributed by atoms with Crippen LogP contribution < -0.4 is 5.32 Å². The number of amides is 1. The summed E-state index contributed by atoms with van der Waals surface area (Å²) in [5.74, 6) is -0.195. The van der Waals surface area contributed by atoms with E-state index in [2.05, 4.69) is 19.2 Å². The van der Waals surface area contributed by atoms with Crippen LogP contribution in [0.2, 0.25) is 0 Å². The van der Waals surface area contributed by atoms with Gasteiger partial charge in [0.2, 0.25) is 5.91 Å². The zero-order chi connectivity index (χ0) is 64.5. The highest BCUT2D eigenvalue weighted by molar-refractivity contribution is 5.76. The molecule has 0 aromatic rings. The molecule has 2 rings (SSSR count). The lowest BCUT2D eigenvalue weighted by Gasteiger charge is -2.46. The lowest BCUT2D eigenvalue weighted by atomic mass is 9.97. The topological polar surface area (TPSA) is 228 Å². The van der Waals surface area contributed by atoms with Crippen molar-refractivity contribution in [2.45, 2.75) is 453 Å². The van der Waals surface area contributed by atoms with Crippen LogP contribution in [-0.4, -0.2) is 140 Å². The summed E-state index contributed by atoms with van der Waals surface area (Å²) in [6, 6.07) is -0.825. The fourth-order valence-electron chi connectivity index (χ4n) is 13.4. The molecule has 1 amide bonds. The normalized spacial score (nSPS) is 22.9. The second kappa shape index (κ2) is 60.6. The molecule has 12 unspecified atom stereocenters. The molecule has 9 N–H and O–H groups in total. The van der Waals surface area contributed by atoms with Gasteiger partial charge in [0.1, 0.15) is 48.8 Å². The zero-order valence-electron chi connectivity index (χ0n) is 58.0. The highest BCUT2D eigenvalue weighted by Crippen LogP contribution is 2.30. The molecule has 0 bridgehead atoms. The summed E-state index contributed by atoms with van der Waals surface area (Å²) in [6.45, 7) is 2.94. The molecule has 14 nitrogen and oxygen atoms in total. The van der Waals surface area contributed by atoms with Crippen LogP contribution in [0.15, 0.2) is 0 Å². The van der Waals surface area contributed by atoms with Crippen molar-refractivity contribution in [1.29, 1.82) is 0 Å². The molecule has 2 saturated heterocycles. The number of hydrogen-bond acceptors (Lipinski definition) is 13. The van der Waals surface area contributed by atoms with Gasteiger partial charge in [0.25, 0.3) is 0 Å². The summed E-state index contributed by atoms with van der Waals surface area (Å²) < 4.78 is 23.0. The van der Waals surface area contributed by atoms with E-state index in [1.807, 2.05) is 0 Å². The number of ether oxygens (including phenoxy) is 4. The maximum Gasteiger partial charge on any atom is 0.220 e. The number of nitrogens with one attached hydrogen (secondary N) is 1. The van der Waals surface area contributed by atoms with Crippen LogP contribution in [0.25, 0.3) is 0 Å². The molecule has 0 radical (unpaired) electrons. The minimum Gasteiger partial charge on any atom is -0.394 e. The molecule has 0 aromatic heterocycles. The monoisotopic (exact) mass is 1270 g/mol. The quantitative estimate of drug-likeness (QED) is 0.0259. The van der Waals surface area contributed by atoms with E-state index < -0.39 is 86.8 Å². The number of carbonyl (C=O) groups excluding carboxylic acids is 1. The van der Waals surface area contributed by atoms with Gasteiger partial charge >= 0.3 is 0 Å². The van der Waals surface area contributed by atoms with Crippen molar-refractivity contribution < 1.29 is 64.6 Å². The molecule has 2 aliphatic heterocycles. The third-order valence-corrected chi connectivity index (χ3v) is 19.6. The number of carbonyl (C=O) groups is 1. The number of hydrogen-bond donors (Lipinski definition) is 9. The standard InChI is InChI=1S/C75H147NO13/c1-3-5-7-9-11-13-15-17-19-21-23-25-27-29-31-32-33-34-36-38-40-42-44-46-48-50-52-54-56-58-64(79)63(62-86-74-72(85)70(83)73(66(61-78)88-74)89-75-71(84)69(82)68(81)65(60-77)87-75)76-67(80)59-57-55-53-51-49-47-45-43-41-39-37-35-30-28-26-24-22-20-18-16-14-12-10-8-6-4-2/h63-66,68-75,77-79,81-85H,3-62H2,1-2H3,(H,76,80). The molecule has 2 aliphatic rings. The molecule has 2 heterocycles. The Labute approximate surface area is 546 Å². The van der Waals surface area contributed by atoms with Gasteiger partial charge in [0.15, 0.2) is 12.6 Å². The van der Waals surface area contributed by atoms with Crippen molar-refractivity contribution in [2.75, 3.05) is 19.8 Å². The van der Waals surface area contributed by atoms with E-state index in [1.54, 1.807) is 0 Å². The minimum absolute atomic E-state index is 0.195. The lowest BCUT2D eigenvalue weighted by Crippen LogP contribution is -2.65. The number of unbranched alkanes of at least 4 members (excludes halogenated alkanes) is 53. The molecule has 2 fully saturated rings. The Morgan fingerprint density at radius 1 is 0.360 bits per heavy atom. The lowest BCUT2D eigenvalue weighted by molar-refractivity contribution is -0.359. The molecular formula is C75H147NO13. The molecule has 530 valence electrons. The van der Waals surface area contributed by atoms with E-state index in [1.165, 1.54) is 302 Å². The minimum atomic E-state index is -1.78. The van der Waals surface area contributed by atoms with Gasteiger partial charge in [0.05, 0.1) is 32.0 Å².